The summed E-state index contributed by atoms with van der Waals surface area (Å²) in [4.78, 5) is 12.2. The molecule has 0 aromatic heterocycles. The number of anilines is 1. The van der Waals surface area contributed by atoms with Gasteiger partial charge in [0.1, 0.15) is 0 Å². The summed E-state index contributed by atoms with van der Waals surface area (Å²) >= 11 is 3.48. The third-order valence-corrected chi connectivity index (χ3v) is 4.04. The van der Waals surface area contributed by atoms with Gasteiger partial charge < -0.3 is 15.8 Å². The lowest BCUT2D eigenvalue weighted by Gasteiger charge is -2.18. The number of benzene rings is 1. The first kappa shape index (κ1) is 18.1. The van der Waals surface area contributed by atoms with Crippen molar-refractivity contribution >= 4 is 27.5 Å². The fraction of sp³-hybridized carbons (Fsp3) is 0.562. The van der Waals surface area contributed by atoms with Crippen molar-refractivity contribution in [3.63, 3.8) is 0 Å². The van der Waals surface area contributed by atoms with Gasteiger partial charge in [0.25, 0.3) is 0 Å². The first-order valence-electron chi connectivity index (χ1n) is 7.24. The highest BCUT2D eigenvalue weighted by Crippen LogP contribution is 2.26. The van der Waals surface area contributed by atoms with E-state index in [2.05, 4.69) is 35.1 Å². The summed E-state index contributed by atoms with van der Waals surface area (Å²) in [5.41, 5.74) is 7.49. The van der Waals surface area contributed by atoms with E-state index >= 15 is 0 Å². The van der Waals surface area contributed by atoms with Gasteiger partial charge in [-0.1, -0.05) is 35.8 Å². The van der Waals surface area contributed by atoms with E-state index in [4.69, 9.17) is 10.5 Å². The summed E-state index contributed by atoms with van der Waals surface area (Å²) in [5.74, 6) is 0.769. The van der Waals surface area contributed by atoms with E-state index in [1.54, 1.807) is 7.11 Å². The zero-order valence-corrected chi connectivity index (χ0v) is 14.6. The number of nitrogens with one attached hydrogen (secondary N) is 1. The molecule has 1 atom stereocenters. The smallest absolute Gasteiger partial charge is 0.224 e. The second-order valence-electron chi connectivity index (χ2n) is 5.68. The number of amides is 1. The van der Waals surface area contributed by atoms with Crippen LogP contribution in [-0.2, 0) is 16.1 Å². The molecule has 1 unspecified atom stereocenters. The van der Waals surface area contributed by atoms with Crippen molar-refractivity contribution in [3.05, 3.63) is 28.2 Å². The minimum atomic E-state index is 0.00144. The molecule has 0 fully saturated rings. The van der Waals surface area contributed by atoms with Gasteiger partial charge in [0.15, 0.2) is 0 Å². The summed E-state index contributed by atoms with van der Waals surface area (Å²) in [7, 11) is 1.64. The lowest BCUT2D eigenvalue weighted by molar-refractivity contribution is -0.117. The molecule has 118 valence electrons. The van der Waals surface area contributed by atoms with E-state index in [9.17, 15) is 4.79 Å². The number of ether oxygens (including phenoxy) is 1. The van der Waals surface area contributed by atoms with Crippen LogP contribution in [0.2, 0.25) is 0 Å². The van der Waals surface area contributed by atoms with Gasteiger partial charge in [-0.25, -0.2) is 0 Å². The number of carbonyl (C=O) groups excluding carboxylic acids is 1. The van der Waals surface area contributed by atoms with Gasteiger partial charge in [0, 0.05) is 29.3 Å². The second kappa shape index (κ2) is 9.18. The highest BCUT2D eigenvalue weighted by atomic mass is 79.9. The van der Waals surface area contributed by atoms with Gasteiger partial charge in [0.2, 0.25) is 5.91 Å². The number of rotatable bonds is 8. The van der Waals surface area contributed by atoms with Gasteiger partial charge in [-0.2, -0.15) is 0 Å². The molecule has 0 heterocycles. The van der Waals surface area contributed by atoms with Gasteiger partial charge in [0.05, 0.1) is 6.61 Å². The minimum absolute atomic E-state index is 0.00144. The van der Waals surface area contributed by atoms with Crippen LogP contribution in [0.3, 0.4) is 0 Å². The van der Waals surface area contributed by atoms with Crippen LogP contribution in [0.15, 0.2) is 22.7 Å². The van der Waals surface area contributed by atoms with E-state index in [1.165, 1.54) is 0 Å². The zero-order chi connectivity index (χ0) is 15.8. The third-order valence-electron chi connectivity index (χ3n) is 3.29. The van der Waals surface area contributed by atoms with E-state index in [0.717, 1.165) is 22.1 Å². The molecule has 1 rings (SSSR count). The zero-order valence-electron chi connectivity index (χ0n) is 13.0. The number of nitrogens with two attached hydrogens (primary N) is 1. The summed E-state index contributed by atoms with van der Waals surface area (Å²) in [5, 5.41) is 2.97. The van der Waals surface area contributed by atoms with Crippen molar-refractivity contribution in [1.82, 2.24) is 0 Å². The lowest BCUT2D eigenvalue weighted by Crippen LogP contribution is -2.24. The van der Waals surface area contributed by atoms with E-state index < -0.39 is 0 Å². The van der Waals surface area contributed by atoms with Crippen LogP contribution in [0.4, 0.5) is 5.69 Å². The van der Waals surface area contributed by atoms with E-state index in [1.807, 2.05) is 18.2 Å². The standard InChI is InChI=1S/C16H25BrN2O2/c1-11(2)7-12(9-18)8-16(20)19-15-6-4-5-14(17)13(15)10-21-3/h4-6,11-12H,7-10,18H2,1-3H3,(H,19,20). The summed E-state index contributed by atoms with van der Waals surface area (Å²) in [6.45, 7) is 5.27. The molecule has 5 heteroatoms. The number of halogens is 1. The quantitative estimate of drug-likeness (QED) is 0.748. The minimum Gasteiger partial charge on any atom is -0.380 e. The van der Waals surface area contributed by atoms with Gasteiger partial charge in [-0.15, -0.1) is 0 Å². The Morgan fingerprint density at radius 1 is 1.43 bits per heavy atom. The van der Waals surface area contributed by atoms with Gasteiger partial charge in [-0.05, 0) is 36.9 Å². The molecule has 0 spiro atoms. The highest BCUT2D eigenvalue weighted by molar-refractivity contribution is 9.10. The van der Waals surface area contributed by atoms with E-state index in [0.29, 0.717) is 25.5 Å². The monoisotopic (exact) mass is 356 g/mol. The molecule has 0 aliphatic heterocycles. The third kappa shape index (κ3) is 6.16. The summed E-state index contributed by atoms with van der Waals surface area (Å²) in [6.07, 6.45) is 1.42. The fourth-order valence-corrected chi connectivity index (χ4v) is 2.84. The summed E-state index contributed by atoms with van der Waals surface area (Å²) < 4.78 is 6.11. The Balaban J connectivity index is 2.72. The molecule has 0 saturated heterocycles. The lowest BCUT2D eigenvalue weighted by atomic mass is 9.94. The van der Waals surface area contributed by atoms with Crippen LogP contribution in [0.5, 0.6) is 0 Å². The second-order valence-corrected chi connectivity index (χ2v) is 6.54. The maximum absolute atomic E-state index is 12.2. The first-order chi connectivity index (χ1) is 9.97. The van der Waals surface area contributed by atoms with Crippen molar-refractivity contribution in [2.24, 2.45) is 17.6 Å². The van der Waals surface area contributed by atoms with Crippen LogP contribution in [0, 0.1) is 11.8 Å². The molecule has 1 aromatic rings. The number of carbonyl (C=O) groups is 1. The molecular formula is C16H25BrN2O2. The largest absolute Gasteiger partial charge is 0.380 e. The molecular weight excluding hydrogens is 332 g/mol. The first-order valence-corrected chi connectivity index (χ1v) is 8.03. The number of hydrogen-bond acceptors (Lipinski definition) is 3. The molecule has 4 nitrogen and oxygen atoms in total. The topological polar surface area (TPSA) is 64.3 Å². The molecule has 0 bridgehead atoms. The maximum Gasteiger partial charge on any atom is 0.224 e. The Labute approximate surface area is 135 Å². The van der Waals surface area contributed by atoms with Crippen LogP contribution >= 0.6 is 15.9 Å². The van der Waals surface area contributed by atoms with Gasteiger partial charge in [-0.3, -0.25) is 4.79 Å². The Morgan fingerprint density at radius 3 is 2.71 bits per heavy atom. The van der Waals surface area contributed by atoms with Crippen molar-refractivity contribution in [1.29, 1.82) is 0 Å². The summed E-state index contributed by atoms with van der Waals surface area (Å²) in [6, 6.07) is 5.72. The molecule has 0 aliphatic carbocycles. The average Bonchev–Trinajstić information content (AvgIpc) is 2.41. The SMILES string of the molecule is COCc1c(Br)cccc1NC(=O)CC(CN)CC(C)C. The molecule has 0 aliphatic rings. The van der Waals surface area contributed by atoms with Crippen LogP contribution in [0.1, 0.15) is 32.3 Å². The van der Waals surface area contributed by atoms with Crippen molar-refractivity contribution in [2.75, 3.05) is 19.0 Å². The Hall–Kier alpha value is -0.910. The molecule has 0 saturated carbocycles. The molecule has 1 aromatic carbocycles. The molecule has 1 amide bonds. The Kier molecular flexibility index (Phi) is 7.93. The average molecular weight is 357 g/mol. The maximum atomic E-state index is 12.2. The molecule has 21 heavy (non-hydrogen) atoms. The highest BCUT2D eigenvalue weighted by Gasteiger charge is 2.16. The van der Waals surface area contributed by atoms with Crippen molar-refractivity contribution in [3.8, 4) is 0 Å². The predicted molar refractivity (Wildman–Crippen MR) is 90.1 cm³/mol. The number of methoxy groups -OCH3 is 1. The van der Waals surface area contributed by atoms with Crippen molar-refractivity contribution in [2.45, 2.75) is 33.3 Å². The Bertz CT molecular complexity index is 464. The molecule has 3 N–H and O–H groups in total. The van der Waals surface area contributed by atoms with Crippen LogP contribution < -0.4 is 11.1 Å². The van der Waals surface area contributed by atoms with E-state index in [-0.39, 0.29) is 11.8 Å². The van der Waals surface area contributed by atoms with Crippen LogP contribution in [0.25, 0.3) is 0 Å². The Morgan fingerprint density at radius 2 is 2.14 bits per heavy atom. The number of hydrogen-bond donors (Lipinski definition) is 2. The van der Waals surface area contributed by atoms with Crippen molar-refractivity contribution < 1.29 is 9.53 Å². The normalized spacial score (nSPS) is 12.5. The van der Waals surface area contributed by atoms with Crippen LogP contribution in [-0.4, -0.2) is 19.6 Å². The molecule has 0 radical (unpaired) electrons. The van der Waals surface area contributed by atoms with Gasteiger partial charge >= 0.3 is 0 Å². The predicted octanol–water partition coefficient (Wildman–Crippen LogP) is 3.55. The fourth-order valence-electron chi connectivity index (χ4n) is 2.36.